The number of hydrogen-bond acceptors (Lipinski definition) is 8. The first-order valence-electron chi connectivity index (χ1n) is 9.31. The van der Waals surface area contributed by atoms with Crippen LogP contribution < -0.4 is 14.2 Å². The van der Waals surface area contributed by atoms with E-state index in [2.05, 4.69) is 11.7 Å². The number of rotatable bonds is 8. The number of methoxy groups -OCH3 is 3. The van der Waals surface area contributed by atoms with Gasteiger partial charge in [0.2, 0.25) is 5.75 Å². The predicted octanol–water partition coefficient (Wildman–Crippen LogP) is 3.96. The normalized spacial score (nSPS) is 11.0. The Labute approximate surface area is 179 Å². The van der Waals surface area contributed by atoms with Crippen molar-refractivity contribution in [1.82, 2.24) is 5.01 Å². The van der Waals surface area contributed by atoms with Crippen molar-refractivity contribution < 1.29 is 28.5 Å². The zero-order valence-corrected chi connectivity index (χ0v) is 18.1. The summed E-state index contributed by atoms with van der Waals surface area (Å²) in [4.78, 5) is 13.6. The van der Waals surface area contributed by atoms with E-state index in [0.717, 1.165) is 0 Å². The minimum Gasteiger partial charge on any atom is -0.502 e. The third kappa shape index (κ3) is 4.18. The van der Waals surface area contributed by atoms with Crippen LogP contribution in [0.2, 0.25) is 0 Å². The lowest BCUT2D eigenvalue weighted by molar-refractivity contribution is 0.103. The van der Waals surface area contributed by atoms with E-state index < -0.39 is 0 Å². The first kappa shape index (κ1) is 21.8. The monoisotopic (exact) mass is 424 g/mol. The number of hydrazone groups is 1. The topological polar surface area (TPSA) is 93.7 Å². The zero-order chi connectivity index (χ0) is 22.7. The Kier molecular flexibility index (Phi) is 6.20. The lowest BCUT2D eigenvalue weighted by Gasteiger charge is -2.09. The van der Waals surface area contributed by atoms with Crippen molar-refractivity contribution in [2.75, 3.05) is 35.4 Å². The second kappa shape index (κ2) is 8.83. The number of fused-ring (bicyclic) bond motifs is 1. The van der Waals surface area contributed by atoms with E-state index in [1.807, 2.05) is 0 Å². The van der Waals surface area contributed by atoms with Crippen LogP contribution >= 0.6 is 0 Å². The molecule has 3 aromatic rings. The van der Waals surface area contributed by atoms with E-state index in [-0.39, 0.29) is 34.2 Å². The Bertz CT molecular complexity index is 1150. The molecule has 0 aliphatic heterocycles. The third-order valence-electron chi connectivity index (χ3n) is 4.59. The molecule has 0 radical (unpaired) electrons. The summed E-state index contributed by atoms with van der Waals surface area (Å²) in [6.07, 6.45) is 1.48. The highest BCUT2D eigenvalue weighted by atomic mass is 16.5. The quantitative estimate of drug-likeness (QED) is 0.332. The number of furan rings is 1. The van der Waals surface area contributed by atoms with Crippen molar-refractivity contribution in [2.24, 2.45) is 5.10 Å². The molecular formula is C23H24N2O6. The molecule has 162 valence electrons. The van der Waals surface area contributed by atoms with Gasteiger partial charge >= 0.3 is 0 Å². The molecule has 31 heavy (non-hydrogen) atoms. The summed E-state index contributed by atoms with van der Waals surface area (Å²) >= 11 is 0. The fraction of sp³-hybridized carbons (Fsp3) is 0.217. The van der Waals surface area contributed by atoms with Crippen LogP contribution in [0.4, 0.5) is 0 Å². The SMILES string of the molecule is C=C(/C=N\N(C)C)c1oc2c(O)c(OC)ccc2c1C(=O)c1cc(OC)cc(OC)c1. The average molecular weight is 424 g/mol. The molecule has 0 saturated heterocycles. The maximum absolute atomic E-state index is 13.6. The molecule has 0 aliphatic rings. The van der Waals surface area contributed by atoms with Crippen molar-refractivity contribution in [3.8, 4) is 23.0 Å². The second-order valence-corrected chi connectivity index (χ2v) is 6.85. The van der Waals surface area contributed by atoms with Gasteiger partial charge in [-0.25, -0.2) is 0 Å². The summed E-state index contributed by atoms with van der Waals surface area (Å²) in [6.45, 7) is 3.98. The van der Waals surface area contributed by atoms with Crippen LogP contribution in [0.15, 0.2) is 46.4 Å². The summed E-state index contributed by atoms with van der Waals surface area (Å²) in [5.41, 5.74) is 1.04. The molecule has 0 amide bonds. The van der Waals surface area contributed by atoms with Crippen LogP contribution in [0.5, 0.6) is 23.0 Å². The molecule has 8 nitrogen and oxygen atoms in total. The van der Waals surface area contributed by atoms with Crippen LogP contribution in [-0.4, -0.2) is 57.5 Å². The average Bonchev–Trinajstić information content (AvgIpc) is 3.17. The van der Waals surface area contributed by atoms with Crippen molar-refractivity contribution in [3.05, 3.63) is 53.8 Å². The number of ketones is 1. The molecule has 2 aromatic carbocycles. The van der Waals surface area contributed by atoms with Gasteiger partial charge in [0, 0.05) is 36.7 Å². The number of benzene rings is 2. The zero-order valence-electron chi connectivity index (χ0n) is 18.1. The van der Waals surface area contributed by atoms with Crippen LogP contribution in [0.3, 0.4) is 0 Å². The van der Waals surface area contributed by atoms with Gasteiger partial charge in [0.05, 0.1) is 33.1 Å². The van der Waals surface area contributed by atoms with E-state index in [9.17, 15) is 9.90 Å². The fourth-order valence-corrected chi connectivity index (χ4v) is 3.07. The van der Waals surface area contributed by atoms with Gasteiger partial charge in [-0.1, -0.05) is 6.58 Å². The van der Waals surface area contributed by atoms with Gasteiger partial charge < -0.3 is 28.7 Å². The van der Waals surface area contributed by atoms with E-state index in [4.69, 9.17) is 18.6 Å². The molecule has 0 unspecified atom stereocenters. The number of carbonyl (C=O) groups is 1. The maximum atomic E-state index is 13.6. The van der Waals surface area contributed by atoms with Crippen LogP contribution in [-0.2, 0) is 0 Å². The molecule has 1 aromatic heterocycles. The summed E-state index contributed by atoms with van der Waals surface area (Å²) in [5.74, 6) is 0.790. The lowest BCUT2D eigenvalue weighted by atomic mass is 9.97. The molecule has 0 spiro atoms. The van der Waals surface area contributed by atoms with Gasteiger partial charge in [-0.2, -0.15) is 5.10 Å². The van der Waals surface area contributed by atoms with E-state index in [1.54, 1.807) is 49.4 Å². The molecule has 0 saturated carbocycles. The minimum absolute atomic E-state index is 0.118. The van der Waals surface area contributed by atoms with Gasteiger partial charge in [-0.3, -0.25) is 4.79 Å². The molecular weight excluding hydrogens is 400 g/mol. The maximum Gasteiger partial charge on any atom is 0.202 e. The molecule has 0 atom stereocenters. The van der Waals surface area contributed by atoms with Gasteiger partial charge in [0.1, 0.15) is 17.3 Å². The Balaban J connectivity index is 2.26. The highest BCUT2D eigenvalue weighted by Gasteiger charge is 2.27. The first-order valence-corrected chi connectivity index (χ1v) is 9.31. The molecule has 3 rings (SSSR count). The number of allylic oxidation sites excluding steroid dienone is 1. The van der Waals surface area contributed by atoms with E-state index in [1.165, 1.54) is 27.5 Å². The van der Waals surface area contributed by atoms with Gasteiger partial charge in [0.25, 0.3) is 0 Å². The molecule has 8 heteroatoms. The standard InChI is InChI=1S/C23H24N2O6/c1-13(12-24-25(2)3)22-19(17-7-8-18(30-6)21(27)23(17)31-22)20(26)14-9-15(28-4)11-16(10-14)29-5/h7-12,27H,1H2,2-6H3/b24-12-. The fourth-order valence-electron chi connectivity index (χ4n) is 3.07. The molecule has 0 fully saturated rings. The van der Waals surface area contributed by atoms with Crippen molar-refractivity contribution in [2.45, 2.75) is 0 Å². The van der Waals surface area contributed by atoms with E-state index in [0.29, 0.717) is 28.0 Å². The van der Waals surface area contributed by atoms with Crippen molar-refractivity contribution in [1.29, 1.82) is 0 Å². The van der Waals surface area contributed by atoms with Crippen molar-refractivity contribution in [3.63, 3.8) is 0 Å². The van der Waals surface area contributed by atoms with Gasteiger partial charge in [-0.15, -0.1) is 0 Å². The van der Waals surface area contributed by atoms with Crippen LogP contribution in [0, 0.1) is 0 Å². The van der Waals surface area contributed by atoms with Crippen LogP contribution in [0.25, 0.3) is 16.5 Å². The molecule has 1 heterocycles. The Morgan fingerprint density at radius 1 is 1.10 bits per heavy atom. The Morgan fingerprint density at radius 3 is 2.29 bits per heavy atom. The largest absolute Gasteiger partial charge is 0.502 e. The Hall–Kier alpha value is -3.94. The second-order valence-electron chi connectivity index (χ2n) is 6.85. The van der Waals surface area contributed by atoms with Crippen LogP contribution in [0.1, 0.15) is 21.7 Å². The minimum atomic E-state index is -0.352. The number of hydrogen-bond donors (Lipinski definition) is 1. The number of carbonyl (C=O) groups excluding carboxylic acids is 1. The molecule has 0 aliphatic carbocycles. The molecule has 1 N–H and O–H groups in total. The van der Waals surface area contributed by atoms with Gasteiger partial charge in [-0.05, 0) is 24.3 Å². The number of phenolic OH excluding ortho intramolecular Hbond substituents is 1. The number of nitrogens with zero attached hydrogens (tertiary/aromatic N) is 2. The van der Waals surface area contributed by atoms with Crippen molar-refractivity contribution >= 4 is 28.5 Å². The van der Waals surface area contributed by atoms with E-state index >= 15 is 0 Å². The third-order valence-corrected chi connectivity index (χ3v) is 4.59. The smallest absolute Gasteiger partial charge is 0.202 e. The summed E-state index contributed by atoms with van der Waals surface area (Å²) in [5, 5.41) is 16.7. The number of aromatic hydroxyl groups is 1. The summed E-state index contributed by atoms with van der Waals surface area (Å²) in [7, 11) is 7.96. The highest BCUT2D eigenvalue weighted by molar-refractivity contribution is 6.22. The lowest BCUT2D eigenvalue weighted by Crippen LogP contribution is -2.06. The first-order chi connectivity index (χ1) is 14.8. The Morgan fingerprint density at radius 2 is 1.74 bits per heavy atom. The summed E-state index contributed by atoms with van der Waals surface area (Å²) in [6, 6.07) is 8.10. The highest BCUT2D eigenvalue weighted by Crippen LogP contribution is 2.41. The number of phenols is 1. The summed E-state index contributed by atoms with van der Waals surface area (Å²) < 4.78 is 21.6. The van der Waals surface area contributed by atoms with Gasteiger partial charge in [0.15, 0.2) is 17.1 Å². The number of ether oxygens (including phenoxy) is 3. The molecule has 0 bridgehead atoms. The predicted molar refractivity (Wildman–Crippen MR) is 119 cm³/mol.